The molecule has 1 atom stereocenters. The summed E-state index contributed by atoms with van der Waals surface area (Å²) in [6.45, 7) is 1.46. The van der Waals surface area contributed by atoms with Crippen LogP contribution in [0.2, 0.25) is 5.02 Å². The van der Waals surface area contributed by atoms with Crippen molar-refractivity contribution < 1.29 is 8.42 Å². The first kappa shape index (κ1) is 12.0. The molecule has 1 unspecified atom stereocenters. The summed E-state index contributed by atoms with van der Waals surface area (Å²) in [6.07, 6.45) is 0. The molecule has 0 bridgehead atoms. The number of hydrogen-bond acceptors (Lipinski definition) is 3. The van der Waals surface area contributed by atoms with Crippen LogP contribution in [-0.4, -0.2) is 14.5 Å². The van der Waals surface area contributed by atoms with Crippen LogP contribution in [0.4, 0.5) is 0 Å². The summed E-state index contributed by atoms with van der Waals surface area (Å²) >= 11 is 5.66. The second kappa shape index (κ2) is 4.62. The number of hydrogen-bond donors (Lipinski definition) is 1. The lowest BCUT2D eigenvalue weighted by Crippen LogP contribution is -2.31. The summed E-state index contributed by atoms with van der Waals surface area (Å²) in [4.78, 5) is 0.0529. The smallest absolute Gasteiger partial charge is 0.207 e. The van der Waals surface area contributed by atoms with Crippen molar-refractivity contribution in [2.75, 3.05) is 0 Å². The van der Waals surface area contributed by atoms with E-state index in [1.807, 2.05) is 0 Å². The van der Waals surface area contributed by atoms with E-state index in [1.54, 1.807) is 12.1 Å². The summed E-state index contributed by atoms with van der Waals surface area (Å²) < 4.78 is 25.5. The zero-order valence-corrected chi connectivity index (χ0v) is 9.51. The van der Waals surface area contributed by atoms with Crippen LogP contribution in [0.5, 0.6) is 0 Å². The first-order chi connectivity index (χ1) is 6.95. The second-order valence-corrected chi connectivity index (χ2v) is 5.08. The fourth-order valence-corrected chi connectivity index (χ4v) is 2.41. The molecule has 0 aliphatic heterocycles. The highest BCUT2D eigenvalue weighted by Crippen LogP contribution is 2.15. The van der Waals surface area contributed by atoms with Gasteiger partial charge in [0.2, 0.25) is 10.0 Å². The Kier molecular flexibility index (Phi) is 3.69. The molecule has 0 saturated heterocycles. The molecule has 1 N–H and O–H groups in total. The number of halogens is 1. The van der Waals surface area contributed by atoms with Crippen LogP contribution in [0.3, 0.4) is 0 Å². The average Bonchev–Trinajstić information content (AvgIpc) is 2.17. The monoisotopic (exact) mass is 244 g/mol. The lowest BCUT2D eigenvalue weighted by Gasteiger charge is -2.07. The third-order valence-electron chi connectivity index (χ3n) is 1.63. The van der Waals surface area contributed by atoms with Gasteiger partial charge in [-0.1, -0.05) is 17.7 Å². The number of nitriles is 1. The molecule has 1 aromatic carbocycles. The highest BCUT2D eigenvalue weighted by Gasteiger charge is 2.16. The van der Waals surface area contributed by atoms with Crippen LogP contribution in [-0.2, 0) is 10.0 Å². The van der Waals surface area contributed by atoms with Gasteiger partial charge in [0.15, 0.2) is 0 Å². The van der Waals surface area contributed by atoms with Gasteiger partial charge in [0.25, 0.3) is 0 Å². The molecule has 1 rings (SSSR count). The molecule has 80 valence electrons. The molecule has 0 aliphatic rings. The third-order valence-corrected chi connectivity index (χ3v) is 3.41. The van der Waals surface area contributed by atoms with Gasteiger partial charge in [-0.05, 0) is 25.1 Å². The molecule has 0 aliphatic carbocycles. The summed E-state index contributed by atoms with van der Waals surface area (Å²) in [7, 11) is -3.65. The minimum Gasteiger partial charge on any atom is -0.207 e. The van der Waals surface area contributed by atoms with E-state index in [1.165, 1.54) is 25.1 Å². The molecular formula is C9H9ClN2O2S. The van der Waals surface area contributed by atoms with Crippen LogP contribution in [0.15, 0.2) is 29.2 Å². The Morgan fingerprint density at radius 3 is 2.73 bits per heavy atom. The van der Waals surface area contributed by atoms with Crippen LogP contribution in [0, 0.1) is 11.3 Å². The van der Waals surface area contributed by atoms with Gasteiger partial charge in [0, 0.05) is 5.02 Å². The predicted octanol–water partition coefficient (Wildman–Crippen LogP) is 1.53. The van der Waals surface area contributed by atoms with E-state index in [4.69, 9.17) is 16.9 Å². The molecular weight excluding hydrogens is 236 g/mol. The van der Waals surface area contributed by atoms with Crippen molar-refractivity contribution in [2.24, 2.45) is 0 Å². The standard InChI is InChI=1S/C9H9ClN2O2S/c1-7(6-11)12-15(13,14)9-4-2-3-8(10)5-9/h2-5,7,12H,1H3. The maximum absolute atomic E-state index is 11.6. The molecule has 0 amide bonds. The van der Waals surface area contributed by atoms with Crippen LogP contribution in [0.1, 0.15) is 6.92 Å². The van der Waals surface area contributed by atoms with Gasteiger partial charge >= 0.3 is 0 Å². The Balaban J connectivity index is 3.03. The molecule has 0 spiro atoms. The summed E-state index contributed by atoms with van der Waals surface area (Å²) in [5.41, 5.74) is 0. The van der Waals surface area contributed by atoms with Gasteiger partial charge in [-0.25, -0.2) is 8.42 Å². The van der Waals surface area contributed by atoms with Gasteiger partial charge in [-0.15, -0.1) is 0 Å². The number of nitrogens with zero attached hydrogens (tertiary/aromatic N) is 1. The number of sulfonamides is 1. The molecule has 6 heteroatoms. The molecule has 0 heterocycles. The van der Waals surface area contributed by atoms with E-state index in [0.717, 1.165) is 0 Å². The third kappa shape index (κ3) is 3.20. The lowest BCUT2D eigenvalue weighted by molar-refractivity contribution is 0.577. The minimum absolute atomic E-state index is 0.0529. The average molecular weight is 245 g/mol. The van der Waals surface area contributed by atoms with E-state index < -0.39 is 16.1 Å². The molecule has 1 aromatic rings. The zero-order chi connectivity index (χ0) is 11.5. The van der Waals surface area contributed by atoms with Crippen molar-refractivity contribution in [3.05, 3.63) is 29.3 Å². The molecule has 0 radical (unpaired) electrons. The number of rotatable bonds is 3. The maximum Gasteiger partial charge on any atom is 0.241 e. The Morgan fingerprint density at radius 1 is 1.53 bits per heavy atom. The number of nitrogens with one attached hydrogen (secondary N) is 1. The first-order valence-electron chi connectivity index (χ1n) is 4.13. The Hall–Kier alpha value is -1.09. The van der Waals surface area contributed by atoms with Gasteiger partial charge in [-0.3, -0.25) is 0 Å². The molecule has 0 fully saturated rings. The summed E-state index contributed by atoms with van der Waals surface area (Å²) in [5.74, 6) is 0. The van der Waals surface area contributed by atoms with Gasteiger partial charge in [-0.2, -0.15) is 9.98 Å². The first-order valence-corrected chi connectivity index (χ1v) is 5.99. The van der Waals surface area contributed by atoms with Gasteiger partial charge in [0.1, 0.15) is 6.04 Å². The van der Waals surface area contributed by atoms with Crippen LogP contribution < -0.4 is 4.72 Å². The van der Waals surface area contributed by atoms with E-state index in [-0.39, 0.29) is 4.90 Å². The lowest BCUT2D eigenvalue weighted by atomic mass is 10.4. The zero-order valence-electron chi connectivity index (χ0n) is 7.94. The molecule has 4 nitrogen and oxygen atoms in total. The highest BCUT2D eigenvalue weighted by atomic mass is 35.5. The quantitative estimate of drug-likeness (QED) is 0.877. The van der Waals surface area contributed by atoms with Crippen molar-refractivity contribution in [3.63, 3.8) is 0 Å². The normalized spacial score (nSPS) is 13.1. The topological polar surface area (TPSA) is 70.0 Å². The van der Waals surface area contributed by atoms with Crippen LogP contribution >= 0.6 is 11.6 Å². The van der Waals surface area contributed by atoms with Crippen molar-refractivity contribution in [3.8, 4) is 6.07 Å². The Labute approximate surface area is 93.5 Å². The maximum atomic E-state index is 11.6. The predicted molar refractivity (Wildman–Crippen MR) is 56.8 cm³/mol. The van der Waals surface area contributed by atoms with Crippen molar-refractivity contribution >= 4 is 21.6 Å². The van der Waals surface area contributed by atoms with Gasteiger partial charge in [0.05, 0.1) is 11.0 Å². The largest absolute Gasteiger partial charge is 0.241 e. The van der Waals surface area contributed by atoms with Gasteiger partial charge < -0.3 is 0 Å². The Morgan fingerprint density at radius 2 is 2.20 bits per heavy atom. The highest BCUT2D eigenvalue weighted by molar-refractivity contribution is 7.89. The van der Waals surface area contributed by atoms with Crippen molar-refractivity contribution in [2.45, 2.75) is 17.9 Å². The SMILES string of the molecule is CC(C#N)NS(=O)(=O)c1cccc(Cl)c1. The van der Waals surface area contributed by atoms with E-state index in [9.17, 15) is 8.42 Å². The van der Waals surface area contributed by atoms with E-state index in [0.29, 0.717) is 5.02 Å². The van der Waals surface area contributed by atoms with Crippen molar-refractivity contribution in [1.82, 2.24) is 4.72 Å². The van der Waals surface area contributed by atoms with E-state index >= 15 is 0 Å². The fraction of sp³-hybridized carbons (Fsp3) is 0.222. The number of benzene rings is 1. The second-order valence-electron chi connectivity index (χ2n) is 2.93. The molecule has 15 heavy (non-hydrogen) atoms. The summed E-state index contributed by atoms with van der Waals surface area (Å²) in [6, 6.07) is 6.87. The minimum atomic E-state index is -3.65. The van der Waals surface area contributed by atoms with Crippen molar-refractivity contribution in [1.29, 1.82) is 5.26 Å². The fourth-order valence-electron chi connectivity index (χ4n) is 0.961. The van der Waals surface area contributed by atoms with E-state index in [2.05, 4.69) is 4.72 Å². The Bertz CT molecular complexity index is 493. The molecule has 0 saturated carbocycles. The molecule has 0 aromatic heterocycles. The van der Waals surface area contributed by atoms with Crippen LogP contribution in [0.25, 0.3) is 0 Å². The summed E-state index contributed by atoms with van der Waals surface area (Å²) in [5, 5.41) is 8.83.